The van der Waals surface area contributed by atoms with Gasteiger partial charge >= 0.3 is 0 Å². The Morgan fingerprint density at radius 2 is 1.39 bits per heavy atom. The number of hydrogen-bond donors (Lipinski definition) is 1. The quantitative estimate of drug-likeness (QED) is 0.132. The Labute approximate surface area is 209 Å². The fraction of sp³-hybridized carbons (Fsp3) is 0.926. The number of hydrogen-bond acceptors (Lipinski definition) is 3. The third-order valence-corrected chi connectivity index (χ3v) is 8.50. The highest BCUT2D eigenvalue weighted by Crippen LogP contribution is 2.37. The molecule has 194 valence electrons. The summed E-state index contributed by atoms with van der Waals surface area (Å²) in [5, 5.41) is 3.07. The maximum Gasteiger partial charge on any atom is 0.243 e. The number of rotatable bonds is 20. The number of likely N-dealkylation sites (N-methyl/N-ethyl adjacent to an activating group) is 1. The Kier molecular flexibility index (Phi) is 15.4. The molecule has 1 heterocycles. The normalized spacial score (nSPS) is 18.0. The molecule has 1 rings (SSSR count). The van der Waals surface area contributed by atoms with E-state index >= 15 is 0 Å². The van der Waals surface area contributed by atoms with Crippen molar-refractivity contribution in [1.82, 2.24) is 10.2 Å². The van der Waals surface area contributed by atoms with E-state index in [1.165, 1.54) is 89.9 Å². The van der Waals surface area contributed by atoms with E-state index in [9.17, 15) is 9.59 Å². The Morgan fingerprint density at radius 3 is 1.88 bits per heavy atom. The van der Waals surface area contributed by atoms with Crippen molar-refractivity contribution in [3.8, 4) is 0 Å². The second-order valence-corrected chi connectivity index (χ2v) is 12.7. The molecule has 2 amide bonds. The zero-order valence-corrected chi connectivity index (χ0v) is 23.3. The van der Waals surface area contributed by atoms with E-state index in [1.807, 2.05) is 13.8 Å². The van der Waals surface area contributed by atoms with Gasteiger partial charge in [0, 0.05) is 5.75 Å². The summed E-state index contributed by atoms with van der Waals surface area (Å²) >= 11 is 1.66. The van der Waals surface area contributed by atoms with E-state index in [4.69, 9.17) is 0 Å². The summed E-state index contributed by atoms with van der Waals surface area (Å²) in [5.41, 5.74) is 0. The van der Waals surface area contributed by atoms with Crippen LogP contribution in [-0.4, -0.2) is 72.1 Å². The lowest BCUT2D eigenvalue weighted by atomic mass is 10.0. The van der Waals surface area contributed by atoms with Gasteiger partial charge in [0.15, 0.2) is 0 Å². The lowest BCUT2D eigenvalue weighted by Crippen LogP contribution is -2.52. The second-order valence-electron chi connectivity index (χ2n) is 11.1. The van der Waals surface area contributed by atoms with Crippen molar-refractivity contribution in [2.24, 2.45) is 0 Å². The van der Waals surface area contributed by atoms with E-state index in [2.05, 4.69) is 26.3 Å². The standard InChI is InChI=1S/C27H53N3O2S/c1-6-7-8-9-10-11-12-13-14-15-16-17-18-19-21-30(4,5)22-20-28-26(32)25-23-33-27(2,3)29(25)24-31/h24-25H,6-23H2,1-5H3/p+1/t25-/m0/s1. The first-order chi connectivity index (χ1) is 15.7. The number of carbonyl (C=O) groups is 2. The highest BCUT2D eigenvalue weighted by molar-refractivity contribution is 8.00. The number of amides is 2. The van der Waals surface area contributed by atoms with E-state index in [0.717, 1.165) is 24.0 Å². The van der Waals surface area contributed by atoms with Crippen molar-refractivity contribution in [3.63, 3.8) is 0 Å². The van der Waals surface area contributed by atoms with Gasteiger partial charge in [-0.15, -0.1) is 11.8 Å². The molecule has 0 unspecified atom stereocenters. The van der Waals surface area contributed by atoms with Gasteiger partial charge in [-0.2, -0.15) is 0 Å². The number of carbonyl (C=O) groups excluding carboxylic acids is 2. The maximum atomic E-state index is 12.6. The van der Waals surface area contributed by atoms with Crippen LogP contribution in [0.2, 0.25) is 0 Å². The SMILES string of the molecule is CCCCCCCCCCCCCCCC[N+](C)(C)CCNC(=O)[C@@H]1CSC(C)(C)N1C=O. The van der Waals surface area contributed by atoms with E-state index in [0.29, 0.717) is 12.3 Å². The number of nitrogens with one attached hydrogen (secondary N) is 1. The maximum absolute atomic E-state index is 12.6. The summed E-state index contributed by atoms with van der Waals surface area (Å²) in [6, 6.07) is -0.344. The third kappa shape index (κ3) is 13.1. The lowest BCUT2D eigenvalue weighted by molar-refractivity contribution is -0.889. The average molecular weight is 485 g/mol. The van der Waals surface area contributed by atoms with Crippen LogP contribution in [0.1, 0.15) is 111 Å². The molecular formula is C27H54N3O2S+. The Morgan fingerprint density at radius 1 is 0.909 bits per heavy atom. The lowest BCUT2D eigenvalue weighted by Gasteiger charge is -2.32. The molecule has 5 nitrogen and oxygen atoms in total. The molecule has 0 spiro atoms. The monoisotopic (exact) mass is 484 g/mol. The predicted octanol–water partition coefficient (Wildman–Crippen LogP) is 5.97. The van der Waals surface area contributed by atoms with Gasteiger partial charge in [0.25, 0.3) is 0 Å². The number of quaternary nitrogens is 1. The van der Waals surface area contributed by atoms with Gasteiger partial charge in [0.1, 0.15) is 6.04 Å². The minimum Gasteiger partial charge on any atom is -0.349 e. The second kappa shape index (κ2) is 16.8. The van der Waals surface area contributed by atoms with Crippen LogP contribution < -0.4 is 5.32 Å². The summed E-state index contributed by atoms with van der Waals surface area (Å²) in [6.45, 7) is 9.02. The van der Waals surface area contributed by atoms with Crippen molar-refractivity contribution in [1.29, 1.82) is 0 Å². The summed E-state index contributed by atoms with van der Waals surface area (Å²) in [4.78, 5) is 25.3. The van der Waals surface area contributed by atoms with Crippen LogP contribution in [0.25, 0.3) is 0 Å². The minimum atomic E-state index is -0.344. The fourth-order valence-electron chi connectivity index (χ4n) is 4.66. The molecule has 1 saturated heterocycles. The third-order valence-electron chi connectivity index (χ3n) is 7.10. The molecule has 0 aromatic rings. The molecular weight excluding hydrogens is 430 g/mol. The van der Waals surface area contributed by atoms with Crippen molar-refractivity contribution in [2.45, 2.75) is 122 Å². The van der Waals surface area contributed by atoms with Crippen LogP contribution >= 0.6 is 11.8 Å². The smallest absolute Gasteiger partial charge is 0.243 e. The van der Waals surface area contributed by atoms with Crippen LogP contribution in [0.15, 0.2) is 0 Å². The summed E-state index contributed by atoms with van der Waals surface area (Å²) in [6.07, 6.45) is 20.3. The van der Waals surface area contributed by atoms with Crippen molar-refractivity contribution in [2.75, 3.05) is 39.5 Å². The van der Waals surface area contributed by atoms with Crippen molar-refractivity contribution < 1.29 is 14.1 Å². The van der Waals surface area contributed by atoms with Gasteiger partial charge in [-0.1, -0.05) is 84.0 Å². The molecule has 0 aromatic heterocycles. The fourth-order valence-corrected chi connectivity index (χ4v) is 5.86. The molecule has 6 heteroatoms. The first kappa shape index (κ1) is 30.3. The zero-order chi connectivity index (χ0) is 24.6. The molecule has 1 fully saturated rings. The minimum absolute atomic E-state index is 0.0170. The van der Waals surface area contributed by atoms with Crippen LogP contribution in [0, 0.1) is 0 Å². The Hall–Kier alpha value is -0.750. The van der Waals surface area contributed by atoms with Crippen LogP contribution in [0.4, 0.5) is 0 Å². The molecule has 0 bridgehead atoms. The van der Waals surface area contributed by atoms with Crippen molar-refractivity contribution >= 4 is 24.1 Å². The summed E-state index contributed by atoms with van der Waals surface area (Å²) in [5.74, 6) is 0.658. The highest BCUT2D eigenvalue weighted by Gasteiger charge is 2.42. The van der Waals surface area contributed by atoms with Gasteiger partial charge in [-0.3, -0.25) is 9.59 Å². The first-order valence-corrected chi connectivity index (χ1v) is 14.7. The first-order valence-electron chi connectivity index (χ1n) is 13.7. The molecule has 0 radical (unpaired) electrons. The van der Waals surface area contributed by atoms with Crippen molar-refractivity contribution in [3.05, 3.63) is 0 Å². The zero-order valence-electron chi connectivity index (χ0n) is 22.5. The van der Waals surface area contributed by atoms with Crippen LogP contribution in [0.3, 0.4) is 0 Å². The van der Waals surface area contributed by atoms with Gasteiger partial charge in [0.2, 0.25) is 12.3 Å². The van der Waals surface area contributed by atoms with Crippen LogP contribution in [-0.2, 0) is 9.59 Å². The Balaban J connectivity index is 2.00. The van der Waals surface area contributed by atoms with E-state index in [-0.39, 0.29) is 16.8 Å². The number of thioether (sulfide) groups is 1. The molecule has 33 heavy (non-hydrogen) atoms. The van der Waals surface area contributed by atoms with Gasteiger partial charge < -0.3 is 14.7 Å². The molecule has 0 aromatic carbocycles. The summed E-state index contributed by atoms with van der Waals surface area (Å²) in [7, 11) is 4.50. The average Bonchev–Trinajstić information content (AvgIpc) is 3.07. The van der Waals surface area contributed by atoms with Gasteiger partial charge in [0.05, 0.1) is 38.6 Å². The Bertz CT molecular complexity index is 539. The molecule has 0 aliphatic carbocycles. The highest BCUT2D eigenvalue weighted by atomic mass is 32.2. The predicted molar refractivity (Wildman–Crippen MR) is 143 cm³/mol. The van der Waals surface area contributed by atoms with Crippen LogP contribution in [0.5, 0.6) is 0 Å². The molecule has 1 atom stereocenters. The molecule has 0 saturated carbocycles. The molecule has 1 aliphatic heterocycles. The number of nitrogens with zero attached hydrogens (tertiary/aromatic N) is 2. The topological polar surface area (TPSA) is 49.4 Å². The number of unbranched alkanes of at least 4 members (excludes halogenated alkanes) is 13. The largest absolute Gasteiger partial charge is 0.349 e. The summed E-state index contributed by atoms with van der Waals surface area (Å²) < 4.78 is 0.931. The molecule has 1 aliphatic rings. The van der Waals surface area contributed by atoms with Gasteiger partial charge in [-0.05, 0) is 26.7 Å². The van der Waals surface area contributed by atoms with Gasteiger partial charge in [-0.25, -0.2) is 0 Å². The molecule has 1 N–H and O–H groups in total. The van der Waals surface area contributed by atoms with E-state index < -0.39 is 0 Å². The van der Waals surface area contributed by atoms with E-state index in [1.54, 1.807) is 16.7 Å².